The molecule has 3 amide bonds. The molecule has 2 atom stereocenters. The van der Waals surface area contributed by atoms with Crippen LogP contribution in [-0.4, -0.2) is 45.0 Å². The summed E-state index contributed by atoms with van der Waals surface area (Å²) in [6.45, 7) is 4.74. The van der Waals surface area contributed by atoms with Gasteiger partial charge in [-0.05, 0) is 25.1 Å². The lowest BCUT2D eigenvalue weighted by molar-refractivity contribution is -0.124. The molecular weight excluding hydrogens is 425 g/mol. The van der Waals surface area contributed by atoms with Crippen molar-refractivity contribution in [3.63, 3.8) is 0 Å². The first-order valence-electron chi connectivity index (χ1n) is 10.2. The van der Waals surface area contributed by atoms with E-state index in [-0.39, 0.29) is 47.7 Å². The van der Waals surface area contributed by atoms with Crippen molar-refractivity contribution in [3.05, 3.63) is 40.9 Å². The maximum Gasteiger partial charge on any atom is 0.322 e. The largest absolute Gasteiger partial charge is 0.322 e. The fourth-order valence-electron chi connectivity index (χ4n) is 4.10. The molecule has 1 aromatic carbocycles. The number of aromatic nitrogens is 2. The topological polar surface area (TPSA) is 87.5 Å². The van der Waals surface area contributed by atoms with Gasteiger partial charge in [-0.3, -0.25) is 14.3 Å². The number of nitrogens with zero attached hydrogens (tertiary/aromatic N) is 4. The second-order valence-electron chi connectivity index (χ2n) is 7.92. The number of nitrogens with one attached hydrogen (secondary N) is 1. The Hall–Kier alpha value is -2.94. The van der Waals surface area contributed by atoms with Crippen LogP contribution in [0.25, 0.3) is 0 Å². The number of benzene rings is 1. The number of amides is 3. The summed E-state index contributed by atoms with van der Waals surface area (Å²) in [5.41, 5.74) is 1.76. The van der Waals surface area contributed by atoms with Gasteiger partial charge in [-0.1, -0.05) is 18.5 Å². The van der Waals surface area contributed by atoms with Crippen molar-refractivity contribution in [2.45, 2.75) is 45.8 Å². The molecule has 1 aromatic heterocycles. The van der Waals surface area contributed by atoms with Crippen LogP contribution >= 0.6 is 11.6 Å². The third kappa shape index (κ3) is 4.01. The van der Waals surface area contributed by atoms with Gasteiger partial charge >= 0.3 is 6.03 Å². The number of hydrogen-bond acceptors (Lipinski definition) is 4. The molecule has 1 fully saturated rings. The van der Waals surface area contributed by atoms with E-state index in [1.165, 1.54) is 18.2 Å². The van der Waals surface area contributed by atoms with Crippen LogP contribution in [0.15, 0.2) is 24.4 Å². The molecule has 1 unspecified atom stereocenters. The summed E-state index contributed by atoms with van der Waals surface area (Å²) in [4.78, 5) is 40.8. The SMILES string of the molecule is CCC(=O)C1CC(=O)N(c2cnn3c2CN(C(=O)Nc2ccc(F)c(Cl)c2)[C@@H](C)C3)C1. The van der Waals surface area contributed by atoms with Crippen LogP contribution in [-0.2, 0) is 22.7 Å². The van der Waals surface area contributed by atoms with Gasteiger partial charge < -0.3 is 15.1 Å². The maximum atomic E-state index is 13.4. The summed E-state index contributed by atoms with van der Waals surface area (Å²) in [7, 11) is 0. The van der Waals surface area contributed by atoms with Crippen LogP contribution in [0.3, 0.4) is 0 Å². The van der Waals surface area contributed by atoms with E-state index in [2.05, 4.69) is 10.4 Å². The van der Waals surface area contributed by atoms with Crippen molar-refractivity contribution >= 4 is 40.7 Å². The van der Waals surface area contributed by atoms with Gasteiger partial charge in [0, 0.05) is 31.0 Å². The molecule has 2 aliphatic heterocycles. The van der Waals surface area contributed by atoms with Crippen molar-refractivity contribution in [2.24, 2.45) is 5.92 Å². The van der Waals surface area contributed by atoms with Crippen molar-refractivity contribution in [1.82, 2.24) is 14.7 Å². The molecule has 0 aliphatic carbocycles. The molecule has 0 radical (unpaired) electrons. The van der Waals surface area contributed by atoms with Crippen LogP contribution in [0.5, 0.6) is 0 Å². The molecule has 0 bridgehead atoms. The van der Waals surface area contributed by atoms with Gasteiger partial charge in [-0.2, -0.15) is 5.10 Å². The van der Waals surface area contributed by atoms with Gasteiger partial charge in [0.25, 0.3) is 0 Å². The molecule has 2 aliphatic rings. The number of carbonyl (C=O) groups excluding carboxylic acids is 3. The van der Waals surface area contributed by atoms with E-state index < -0.39 is 5.82 Å². The molecule has 8 nitrogen and oxygen atoms in total. The highest BCUT2D eigenvalue weighted by molar-refractivity contribution is 6.31. The van der Waals surface area contributed by atoms with E-state index >= 15 is 0 Å². The Kier molecular flexibility index (Phi) is 5.70. The Bertz CT molecular complexity index is 1060. The fourth-order valence-corrected chi connectivity index (χ4v) is 4.28. The number of urea groups is 1. The lowest BCUT2D eigenvalue weighted by Gasteiger charge is -2.35. The summed E-state index contributed by atoms with van der Waals surface area (Å²) < 4.78 is 15.2. The molecule has 0 saturated carbocycles. The minimum atomic E-state index is -0.560. The van der Waals surface area contributed by atoms with Gasteiger partial charge in [-0.25, -0.2) is 9.18 Å². The fraction of sp³-hybridized carbons (Fsp3) is 0.429. The number of anilines is 2. The van der Waals surface area contributed by atoms with Crippen LogP contribution in [0.4, 0.5) is 20.6 Å². The Labute approximate surface area is 183 Å². The Morgan fingerprint density at radius 3 is 2.81 bits per heavy atom. The first-order chi connectivity index (χ1) is 14.8. The molecule has 31 heavy (non-hydrogen) atoms. The zero-order valence-corrected chi connectivity index (χ0v) is 18.0. The highest BCUT2D eigenvalue weighted by Crippen LogP contribution is 2.32. The van der Waals surface area contributed by atoms with Crippen LogP contribution in [0, 0.1) is 11.7 Å². The van der Waals surface area contributed by atoms with E-state index in [1.54, 1.807) is 27.6 Å². The third-order valence-electron chi connectivity index (χ3n) is 5.87. The van der Waals surface area contributed by atoms with Crippen LogP contribution in [0.2, 0.25) is 5.02 Å². The van der Waals surface area contributed by atoms with E-state index in [4.69, 9.17) is 11.6 Å². The second-order valence-corrected chi connectivity index (χ2v) is 8.33. The monoisotopic (exact) mass is 447 g/mol. The average molecular weight is 448 g/mol. The van der Waals surface area contributed by atoms with Crippen molar-refractivity contribution in [2.75, 3.05) is 16.8 Å². The molecule has 164 valence electrons. The van der Waals surface area contributed by atoms with Gasteiger partial charge in [0.05, 0.1) is 41.7 Å². The smallest absolute Gasteiger partial charge is 0.314 e. The van der Waals surface area contributed by atoms with Crippen LogP contribution in [0.1, 0.15) is 32.4 Å². The normalized spacial score (nSPS) is 20.7. The minimum absolute atomic E-state index is 0.0736. The van der Waals surface area contributed by atoms with E-state index in [1.807, 2.05) is 6.92 Å². The van der Waals surface area contributed by atoms with Gasteiger partial charge in [0.1, 0.15) is 11.6 Å². The van der Waals surface area contributed by atoms with Gasteiger partial charge in [0.2, 0.25) is 5.91 Å². The highest BCUT2D eigenvalue weighted by atomic mass is 35.5. The number of halogens is 2. The van der Waals surface area contributed by atoms with E-state index in [9.17, 15) is 18.8 Å². The van der Waals surface area contributed by atoms with Gasteiger partial charge in [0.15, 0.2) is 0 Å². The number of fused-ring (bicyclic) bond motifs is 1. The maximum absolute atomic E-state index is 13.4. The van der Waals surface area contributed by atoms with Crippen molar-refractivity contribution < 1.29 is 18.8 Å². The average Bonchev–Trinajstić information content (AvgIpc) is 3.32. The Balaban J connectivity index is 1.53. The van der Waals surface area contributed by atoms with Crippen LogP contribution < -0.4 is 10.2 Å². The predicted molar refractivity (Wildman–Crippen MR) is 113 cm³/mol. The molecule has 10 heteroatoms. The molecule has 3 heterocycles. The van der Waals surface area contributed by atoms with Gasteiger partial charge in [-0.15, -0.1) is 0 Å². The second kappa shape index (κ2) is 8.30. The highest BCUT2D eigenvalue weighted by Gasteiger charge is 2.38. The molecular formula is C21H23ClFN5O3. The van der Waals surface area contributed by atoms with Crippen molar-refractivity contribution in [1.29, 1.82) is 0 Å². The standard InChI is InChI=1S/C21H23ClFN5O3/c1-3-19(29)13-6-20(30)27(10-13)17-8-24-28-9-12(2)26(11-18(17)28)21(31)25-14-4-5-16(23)15(22)7-14/h4-5,7-8,12-13H,3,6,9-11H2,1-2H3,(H,25,31)/t12-,13?/m0/s1. The molecule has 1 N–H and O–H groups in total. The molecule has 0 spiro atoms. The first kappa shape index (κ1) is 21.3. The number of ketones is 1. The van der Waals surface area contributed by atoms with E-state index in [0.717, 1.165) is 5.69 Å². The molecule has 4 rings (SSSR count). The summed E-state index contributed by atoms with van der Waals surface area (Å²) >= 11 is 5.80. The minimum Gasteiger partial charge on any atom is -0.314 e. The zero-order chi connectivity index (χ0) is 22.3. The number of carbonyl (C=O) groups is 3. The molecule has 2 aromatic rings. The summed E-state index contributed by atoms with van der Waals surface area (Å²) in [5, 5.41) is 7.06. The number of Topliss-reactive ketones (excluding diaryl/α,β-unsaturated/α-hetero) is 1. The predicted octanol–water partition coefficient (Wildman–Crippen LogP) is 3.44. The molecule has 1 saturated heterocycles. The summed E-state index contributed by atoms with van der Waals surface area (Å²) in [6.07, 6.45) is 2.22. The number of rotatable bonds is 4. The number of hydrogen-bond donors (Lipinski definition) is 1. The lowest BCUT2D eigenvalue weighted by atomic mass is 10.0. The quantitative estimate of drug-likeness (QED) is 0.777. The Morgan fingerprint density at radius 1 is 1.32 bits per heavy atom. The lowest BCUT2D eigenvalue weighted by Crippen LogP contribution is -2.47. The third-order valence-corrected chi connectivity index (χ3v) is 6.16. The Morgan fingerprint density at radius 2 is 2.10 bits per heavy atom. The zero-order valence-electron chi connectivity index (χ0n) is 17.3. The van der Waals surface area contributed by atoms with E-state index in [0.29, 0.717) is 30.9 Å². The summed E-state index contributed by atoms with van der Waals surface area (Å²) in [5.74, 6) is -0.907. The van der Waals surface area contributed by atoms with Crippen molar-refractivity contribution in [3.8, 4) is 0 Å². The summed E-state index contributed by atoms with van der Waals surface area (Å²) in [6, 6.07) is 3.47. The first-order valence-corrected chi connectivity index (χ1v) is 10.6.